The minimum absolute atomic E-state index is 0.162. The van der Waals surface area contributed by atoms with Crippen molar-refractivity contribution < 1.29 is 19.1 Å². The van der Waals surface area contributed by atoms with E-state index in [4.69, 9.17) is 9.47 Å². The normalized spacial score (nSPS) is 11.7. The number of nitrogens with one attached hydrogen (secondary N) is 2. The van der Waals surface area contributed by atoms with Gasteiger partial charge in [0.05, 0.1) is 11.3 Å². The van der Waals surface area contributed by atoms with E-state index in [-0.39, 0.29) is 24.3 Å². The highest BCUT2D eigenvalue weighted by Gasteiger charge is 2.17. The molecule has 1 aliphatic heterocycles. The first-order chi connectivity index (χ1) is 13.2. The Kier molecular flexibility index (Phi) is 4.40. The van der Waals surface area contributed by atoms with Gasteiger partial charge in [0.25, 0.3) is 11.8 Å². The number of rotatable bonds is 4. The number of carbonyl (C=O) groups excluding carboxylic acids is 2. The standard InChI is InChI=1S/C20H15N3O4/c24-19(22-13-8-9-17-18(11-13)27-12-26-17)14-5-1-2-6-15(14)23-20(25)16-7-3-4-10-21-16/h1-11H,12H2,(H,22,24)(H,23,25). The molecule has 7 nitrogen and oxygen atoms in total. The van der Waals surface area contributed by atoms with Gasteiger partial charge in [0.1, 0.15) is 5.69 Å². The third kappa shape index (κ3) is 3.57. The number of pyridine rings is 1. The second-order valence-electron chi connectivity index (χ2n) is 5.74. The fourth-order valence-electron chi connectivity index (χ4n) is 2.65. The first-order valence-corrected chi connectivity index (χ1v) is 8.23. The second-order valence-corrected chi connectivity index (χ2v) is 5.74. The van der Waals surface area contributed by atoms with E-state index >= 15 is 0 Å². The molecule has 2 N–H and O–H groups in total. The van der Waals surface area contributed by atoms with Crippen molar-refractivity contribution >= 4 is 23.2 Å². The van der Waals surface area contributed by atoms with E-state index in [9.17, 15) is 9.59 Å². The maximum atomic E-state index is 12.7. The lowest BCUT2D eigenvalue weighted by Crippen LogP contribution is -2.18. The molecule has 0 fully saturated rings. The van der Waals surface area contributed by atoms with E-state index in [2.05, 4.69) is 15.6 Å². The minimum Gasteiger partial charge on any atom is -0.454 e. The molecule has 0 spiro atoms. The average molecular weight is 361 g/mol. The summed E-state index contributed by atoms with van der Waals surface area (Å²) in [6.45, 7) is 0.162. The van der Waals surface area contributed by atoms with Crippen LogP contribution in [-0.4, -0.2) is 23.6 Å². The Bertz CT molecular complexity index is 1010. The van der Waals surface area contributed by atoms with Gasteiger partial charge in [-0.15, -0.1) is 0 Å². The number of aromatic nitrogens is 1. The molecule has 4 rings (SSSR count). The van der Waals surface area contributed by atoms with Crippen molar-refractivity contribution in [2.75, 3.05) is 17.4 Å². The molecule has 2 aromatic carbocycles. The highest BCUT2D eigenvalue weighted by Crippen LogP contribution is 2.34. The van der Waals surface area contributed by atoms with Crippen LogP contribution in [0.4, 0.5) is 11.4 Å². The largest absolute Gasteiger partial charge is 0.454 e. The van der Waals surface area contributed by atoms with Gasteiger partial charge in [-0.1, -0.05) is 18.2 Å². The zero-order chi connectivity index (χ0) is 18.6. The number of para-hydroxylation sites is 1. The summed E-state index contributed by atoms with van der Waals surface area (Å²) in [5.74, 6) is 0.463. The maximum Gasteiger partial charge on any atom is 0.274 e. The molecule has 1 aromatic heterocycles. The van der Waals surface area contributed by atoms with Gasteiger partial charge < -0.3 is 20.1 Å². The van der Waals surface area contributed by atoms with Crippen LogP contribution in [0, 0.1) is 0 Å². The van der Waals surface area contributed by atoms with Crippen LogP contribution in [0.3, 0.4) is 0 Å². The molecule has 27 heavy (non-hydrogen) atoms. The summed E-state index contributed by atoms with van der Waals surface area (Å²) in [4.78, 5) is 29.1. The molecule has 0 aliphatic carbocycles. The summed E-state index contributed by atoms with van der Waals surface area (Å²) >= 11 is 0. The Balaban J connectivity index is 1.53. The molecule has 7 heteroatoms. The number of anilines is 2. The van der Waals surface area contributed by atoms with Gasteiger partial charge in [-0.3, -0.25) is 14.6 Å². The number of ether oxygens (including phenoxy) is 2. The molecule has 0 radical (unpaired) electrons. The molecule has 2 heterocycles. The van der Waals surface area contributed by atoms with Gasteiger partial charge >= 0.3 is 0 Å². The van der Waals surface area contributed by atoms with Crippen LogP contribution in [0.2, 0.25) is 0 Å². The molecular weight excluding hydrogens is 346 g/mol. The van der Waals surface area contributed by atoms with Crippen molar-refractivity contribution in [1.29, 1.82) is 0 Å². The monoisotopic (exact) mass is 361 g/mol. The lowest BCUT2D eigenvalue weighted by Gasteiger charge is -2.11. The first-order valence-electron chi connectivity index (χ1n) is 8.23. The zero-order valence-electron chi connectivity index (χ0n) is 14.1. The smallest absolute Gasteiger partial charge is 0.274 e. The van der Waals surface area contributed by atoms with Crippen molar-refractivity contribution in [2.45, 2.75) is 0 Å². The second kappa shape index (κ2) is 7.17. The van der Waals surface area contributed by atoms with E-state index in [1.54, 1.807) is 60.7 Å². The third-order valence-corrected chi connectivity index (χ3v) is 3.95. The van der Waals surface area contributed by atoms with Gasteiger partial charge in [0, 0.05) is 18.0 Å². The van der Waals surface area contributed by atoms with Crippen LogP contribution in [-0.2, 0) is 0 Å². The summed E-state index contributed by atoms with van der Waals surface area (Å²) in [6, 6.07) is 17.0. The Labute approximate surface area is 155 Å². The topological polar surface area (TPSA) is 89.6 Å². The quantitative estimate of drug-likeness (QED) is 0.744. The fraction of sp³-hybridized carbons (Fsp3) is 0.0500. The van der Waals surface area contributed by atoms with Crippen molar-refractivity contribution in [3.63, 3.8) is 0 Å². The SMILES string of the molecule is O=C(Nc1ccccc1C(=O)Nc1ccc2c(c1)OCO2)c1ccccn1. The molecule has 0 unspecified atom stereocenters. The zero-order valence-corrected chi connectivity index (χ0v) is 14.1. The van der Waals surface area contributed by atoms with Crippen LogP contribution < -0.4 is 20.1 Å². The number of carbonyl (C=O) groups is 2. The number of hydrogen-bond donors (Lipinski definition) is 2. The van der Waals surface area contributed by atoms with Crippen LogP contribution in [0.15, 0.2) is 66.9 Å². The molecule has 2 amide bonds. The number of amides is 2. The summed E-state index contributed by atoms with van der Waals surface area (Å²) in [7, 11) is 0. The number of nitrogens with zero attached hydrogens (tertiary/aromatic N) is 1. The lowest BCUT2D eigenvalue weighted by atomic mass is 10.1. The Morgan fingerprint density at radius 3 is 2.52 bits per heavy atom. The molecule has 0 bridgehead atoms. The van der Waals surface area contributed by atoms with E-state index in [0.717, 1.165) is 0 Å². The van der Waals surface area contributed by atoms with Gasteiger partial charge in [-0.2, -0.15) is 0 Å². The highest BCUT2D eigenvalue weighted by molar-refractivity contribution is 6.12. The summed E-state index contributed by atoms with van der Waals surface area (Å²) < 4.78 is 10.6. The molecule has 0 atom stereocenters. The van der Waals surface area contributed by atoms with Crippen molar-refractivity contribution in [3.05, 3.63) is 78.1 Å². The Hall–Kier alpha value is -3.87. The molecule has 1 aliphatic rings. The molecular formula is C20H15N3O4. The fourth-order valence-corrected chi connectivity index (χ4v) is 2.65. The van der Waals surface area contributed by atoms with Crippen molar-refractivity contribution in [1.82, 2.24) is 4.98 Å². The number of hydrogen-bond acceptors (Lipinski definition) is 5. The van der Waals surface area contributed by atoms with Crippen molar-refractivity contribution in [2.24, 2.45) is 0 Å². The first kappa shape index (κ1) is 16.6. The van der Waals surface area contributed by atoms with E-state index in [1.807, 2.05) is 0 Å². The molecule has 0 saturated heterocycles. The molecule has 0 saturated carbocycles. The summed E-state index contributed by atoms with van der Waals surface area (Å²) in [5, 5.41) is 5.53. The molecule has 134 valence electrons. The van der Waals surface area contributed by atoms with Gasteiger partial charge in [-0.05, 0) is 36.4 Å². The summed E-state index contributed by atoms with van der Waals surface area (Å²) in [6.07, 6.45) is 1.53. The molecule has 3 aromatic rings. The summed E-state index contributed by atoms with van der Waals surface area (Å²) in [5.41, 5.74) is 1.56. The lowest BCUT2D eigenvalue weighted by molar-refractivity contribution is 0.102. The van der Waals surface area contributed by atoms with E-state index < -0.39 is 0 Å². The van der Waals surface area contributed by atoms with Crippen LogP contribution in [0.25, 0.3) is 0 Å². The minimum atomic E-state index is -0.390. The van der Waals surface area contributed by atoms with Crippen LogP contribution in [0.1, 0.15) is 20.8 Å². The predicted molar refractivity (Wildman–Crippen MR) is 99.2 cm³/mol. The van der Waals surface area contributed by atoms with E-state index in [0.29, 0.717) is 28.4 Å². The highest BCUT2D eigenvalue weighted by atomic mass is 16.7. The average Bonchev–Trinajstić information content (AvgIpc) is 3.17. The van der Waals surface area contributed by atoms with Crippen molar-refractivity contribution in [3.8, 4) is 11.5 Å². The van der Waals surface area contributed by atoms with Gasteiger partial charge in [0.15, 0.2) is 11.5 Å². The van der Waals surface area contributed by atoms with E-state index in [1.165, 1.54) is 6.20 Å². The van der Waals surface area contributed by atoms with Gasteiger partial charge in [0.2, 0.25) is 6.79 Å². The Morgan fingerprint density at radius 2 is 1.67 bits per heavy atom. The Morgan fingerprint density at radius 1 is 0.852 bits per heavy atom. The third-order valence-electron chi connectivity index (χ3n) is 3.95. The number of fused-ring (bicyclic) bond motifs is 1. The maximum absolute atomic E-state index is 12.7. The van der Waals surface area contributed by atoms with Gasteiger partial charge in [-0.25, -0.2) is 0 Å². The predicted octanol–water partition coefficient (Wildman–Crippen LogP) is 3.31. The van der Waals surface area contributed by atoms with Crippen LogP contribution >= 0.6 is 0 Å². The number of benzene rings is 2. The van der Waals surface area contributed by atoms with Crippen LogP contribution in [0.5, 0.6) is 11.5 Å².